The van der Waals surface area contributed by atoms with Crippen LogP contribution in [0.2, 0.25) is 0 Å². The first-order valence-electron chi connectivity index (χ1n) is 8.57. The van der Waals surface area contributed by atoms with Crippen molar-refractivity contribution in [3.8, 4) is 11.5 Å². The SMILES string of the molecule is COc1cc2c(cc1OC)C[NH+](CC(=O)NCc1ccccc1)CC2. The quantitative estimate of drug-likeness (QED) is 0.823. The standard InChI is InChI=1S/C20H24N2O3/c1-24-18-10-16-8-9-22(13-17(16)11-19(18)25-2)14-20(23)21-12-15-6-4-3-5-7-15/h3-7,10-11H,8-9,12-14H2,1-2H3,(H,21,23)/p+1. The minimum absolute atomic E-state index is 0.0859. The summed E-state index contributed by atoms with van der Waals surface area (Å²) in [4.78, 5) is 13.5. The number of nitrogens with one attached hydrogen (secondary N) is 2. The molecule has 0 fully saturated rings. The monoisotopic (exact) mass is 341 g/mol. The number of fused-ring (bicyclic) bond motifs is 1. The molecule has 5 heteroatoms. The maximum atomic E-state index is 12.2. The summed E-state index contributed by atoms with van der Waals surface area (Å²) in [7, 11) is 3.30. The van der Waals surface area contributed by atoms with Crippen LogP contribution < -0.4 is 19.7 Å². The summed E-state index contributed by atoms with van der Waals surface area (Å²) in [6.45, 7) is 2.84. The van der Waals surface area contributed by atoms with Gasteiger partial charge < -0.3 is 19.7 Å². The normalized spacial score (nSPS) is 16.0. The molecule has 3 rings (SSSR count). The van der Waals surface area contributed by atoms with Crippen LogP contribution in [0.15, 0.2) is 42.5 Å². The molecule has 1 aliphatic heterocycles. The Labute approximate surface area is 148 Å². The summed E-state index contributed by atoms with van der Waals surface area (Å²) in [5, 5.41) is 3.01. The van der Waals surface area contributed by atoms with E-state index in [0.717, 1.165) is 36.6 Å². The molecule has 132 valence electrons. The Kier molecular flexibility index (Phi) is 5.56. The van der Waals surface area contributed by atoms with Crippen LogP contribution in [0.1, 0.15) is 16.7 Å². The Hall–Kier alpha value is -2.53. The number of hydrogen-bond acceptors (Lipinski definition) is 3. The predicted octanol–water partition coefficient (Wildman–Crippen LogP) is 0.961. The topological polar surface area (TPSA) is 52.0 Å². The molecule has 1 amide bonds. The summed E-state index contributed by atoms with van der Waals surface area (Å²) < 4.78 is 10.8. The van der Waals surface area contributed by atoms with Crippen LogP contribution in [0.4, 0.5) is 0 Å². The van der Waals surface area contributed by atoms with Crippen molar-refractivity contribution in [2.45, 2.75) is 19.5 Å². The first-order valence-corrected chi connectivity index (χ1v) is 8.57. The molecule has 0 aromatic heterocycles. The molecule has 1 atom stereocenters. The maximum Gasteiger partial charge on any atom is 0.275 e. The third-order valence-electron chi connectivity index (χ3n) is 4.64. The number of benzene rings is 2. The summed E-state index contributed by atoms with van der Waals surface area (Å²) in [6, 6.07) is 14.1. The van der Waals surface area contributed by atoms with E-state index in [1.165, 1.54) is 16.0 Å². The number of rotatable bonds is 6. The van der Waals surface area contributed by atoms with Crippen molar-refractivity contribution in [3.05, 3.63) is 59.2 Å². The molecule has 25 heavy (non-hydrogen) atoms. The molecule has 0 radical (unpaired) electrons. The van der Waals surface area contributed by atoms with Gasteiger partial charge in [-0.1, -0.05) is 30.3 Å². The van der Waals surface area contributed by atoms with Crippen molar-refractivity contribution in [2.24, 2.45) is 0 Å². The van der Waals surface area contributed by atoms with Gasteiger partial charge in [0.25, 0.3) is 5.91 Å². The van der Waals surface area contributed by atoms with Gasteiger partial charge in [-0.2, -0.15) is 0 Å². The van der Waals surface area contributed by atoms with E-state index in [4.69, 9.17) is 9.47 Å². The lowest BCUT2D eigenvalue weighted by Gasteiger charge is -2.26. The van der Waals surface area contributed by atoms with Gasteiger partial charge in [0.2, 0.25) is 0 Å². The number of amides is 1. The maximum absolute atomic E-state index is 12.2. The van der Waals surface area contributed by atoms with Gasteiger partial charge in [-0.15, -0.1) is 0 Å². The van der Waals surface area contributed by atoms with Gasteiger partial charge >= 0.3 is 0 Å². The fraction of sp³-hybridized carbons (Fsp3) is 0.350. The van der Waals surface area contributed by atoms with E-state index >= 15 is 0 Å². The van der Waals surface area contributed by atoms with E-state index in [1.54, 1.807) is 14.2 Å². The Balaban J connectivity index is 1.58. The van der Waals surface area contributed by atoms with Gasteiger partial charge in [0.15, 0.2) is 18.0 Å². The van der Waals surface area contributed by atoms with Crippen LogP contribution in [0, 0.1) is 0 Å². The molecular formula is C20H25N2O3+. The number of carbonyl (C=O) groups excluding carboxylic acids is 1. The van der Waals surface area contributed by atoms with E-state index in [-0.39, 0.29) is 5.91 Å². The fourth-order valence-corrected chi connectivity index (χ4v) is 3.27. The summed E-state index contributed by atoms with van der Waals surface area (Å²) in [5.74, 6) is 1.60. The molecule has 0 saturated carbocycles. The second-order valence-electron chi connectivity index (χ2n) is 6.34. The van der Waals surface area contributed by atoms with Crippen LogP contribution >= 0.6 is 0 Å². The van der Waals surface area contributed by atoms with Crippen molar-refractivity contribution >= 4 is 5.91 Å². The van der Waals surface area contributed by atoms with E-state index in [2.05, 4.69) is 11.4 Å². The molecule has 1 heterocycles. The molecule has 1 unspecified atom stereocenters. The molecule has 5 nitrogen and oxygen atoms in total. The van der Waals surface area contributed by atoms with Crippen LogP contribution in [-0.4, -0.2) is 33.2 Å². The Morgan fingerprint density at radius 2 is 1.76 bits per heavy atom. The molecule has 2 aromatic carbocycles. The number of hydrogen-bond donors (Lipinski definition) is 2. The van der Waals surface area contributed by atoms with Crippen LogP contribution in [0.25, 0.3) is 0 Å². The van der Waals surface area contributed by atoms with Gasteiger partial charge in [-0.05, 0) is 23.3 Å². The average Bonchev–Trinajstić information content (AvgIpc) is 2.66. The van der Waals surface area contributed by atoms with Gasteiger partial charge in [0.1, 0.15) is 6.54 Å². The molecule has 2 N–H and O–H groups in total. The van der Waals surface area contributed by atoms with Crippen molar-refractivity contribution in [3.63, 3.8) is 0 Å². The highest BCUT2D eigenvalue weighted by molar-refractivity contribution is 5.76. The van der Waals surface area contributed by atoms with E-state index in [0.29, 0.717) is 13.1 Å². The highest BCUT2D eigenvalue weighted by Crippen LogP contribution is 2.31. The second kappa shape index (κ2) is 8.03. The van der Waals surface area contributed by atoms with Gasteiger partial charge in [0, 0.05) is 18.5 Å². The third-order valence-corrected chi connectivity index (χ3v) is 4.64. The lowest BCUT2D eigenvalue weighted by molar-refractivity contribution is -0.908. The molecule has 0 saturated heterocycles. The Bertz CT molecular complexity index is 731. The lowest BCUT2D eigenvalue weighted by atomic mass is 9.99. The Morgan fingerprint density at radius 1 is 1.08 bits per heavy atom. The highest BCUT2D eigenvalue weighted by atomic mass is 16.5. The van der Waals surface area contributed by atoms with Crippen LogP contribution in [0.5, 0.6) is 11.5 Å². The van der Waals surface area contributed by atoms with E-state index in [9.17, 15) is 4.79 Å². The number of methoxy groups -OCH3 is 2. The summed E-state index contributed by atoms with van der Waals surface area (Å²) in [6.07, 6.45) is 0.941. The number of carbonyl (C=O) groups is 1. The molecule has 0 aliphatic carbocycles. The van der Waals surface area contributed by atoms with Gasteiger partial charge in [0.05, 0.1) is 20.8 Å². The minimum Gasteiger partial charge on any atom is -0.493 e. The zero-order valence-corrected chi connectivity index (χ0v) is 14.8. The lowest BCUT2D eigenvalue weighted by Crippen LogP contribution is -3.12. The van der Waals surface area contributed by atoms with E-state index < -0.39 is 0 Å². The predicted molar refractivity (Wildman–Crippen MR) is 95.9 cm³/mol. The molecule has 0 spiro atoms. The van der Waals surface area contributed by atoms with Crippen molar-refractivity contribution in [1.82, 2.24) is 5.32 Å². The van der Waals surface area contributed by atoms with Crippen LogP contribution in [0.3, 0.4) is 0 Å². The van der Waals surface area contributed by atoms with Gasteiger partial charge in [-0.3, -0.25) is 4.79 Å². The molecule has 0 bridgehead atoms. The molecule has 2 aromatic rings. The molecular weight excluding hydrogens is 316 g/mol. The third kappa shape index (κ3) is 4.31. The number of ether oxygens (including phenoxy) is 2. The smallest absolute Gasteiger partial charge is 0.275 e. The fourth-order valence-electron chi connectivity index (χ4n) is 3.27. The second-order valence-corrected chi connectivity index (χ2v) is 6.34. The van der Waals surface area contributed by atoms with Crippen molar-refractivity contribution in [1.29, 1.82) is 0 Å². The van der Waals surface area contributed by atoms with Gasteiger partial charge in [-0.25, -0.2) is 0 Å². The van der Waals surface area contributed by atoms with Crippen LogP contribution in [-0.2, 0) is 24.3 Å². The summed E-state index contributed by atoms with van der Waals surface area (Å²) in [5.41, 5.74) is 3.63. The van der Waals surface area contributed by atoms with E-state index in [1.807, 2.05) is 36.4 Å². The first-order chi connectivity index (χ1) is 12.2. The van der Waals surface area contributed by atoms with Crippen molar-refractivity contribution < 1.29 is 19.2 Å². The number of quaternary nitrogens is 1. The highest BCUT2D eigenvalue weighted by Gasteiger charge is 2.23. The van der Waals surface area contributed by atoms with Crippen molar-refractivity contribution in [2.75, 3.05) is 27.3 Å². The summed E-state index contributed by atoms with van der Waals surface area (Å²) >= 11 is 0. The zero-order chi connectivity index (χ0) is 17.6. The minimum atomic E-state index is 0.0859. The average molecular weight is 341 g/mol. The first kappa shape index (κ1) is 17.3. The zero-order valence-electron chi connectivity index (χ0n) is 14.8. The molecule has 1 aliphatic rings. The Morgan fingerprint density at radius 3 is 2.44 bits per heavy atom. The largest absolute Gasteiger partial charge is 0.493 e.